The second-order valence-electron chi connectivity index (χ2n) is 6.78. The topological polar surface area (TPSA) is 41.6 Å². The molecule has 23 heavy (non-hydrogen) atoms. The minimum absolute atomic E-state index is 0.0977. The van der Waals surface area contributed by atoms with Crippen molar-refractivity contribution < 1.29 is 9.53 Å². The molecule has 1 aliphatic heterocycles. The maximum Gasteiger partial charge on any atom is 0.249 e. The molecule has 0 unspecified atom stereocenters. The summed E-state index contributed by atoms with van der Waals surface area (Å²) < 4.78 is 5.41. The van der Waals surface area contributed by atoms with E-state index in [0.29, 0.717) is 12.5 Å². The standard InChI is InChI=1S/C19H26N2O2/c1-13(2)8-10-21-11-9-20-19(22)16-7-5-14-4-6-15(23-3)12-17(14)18(16)21/h4,6,12-13H,5,7-11H2,1-3H3,(H,20,22). The van der Waals surface area contributed by atoms with Crippen LogP contribution in [0.15, 0.2) is 23.8 Å². The molecule has 0 saturated carbocycles. The van der Waals surface area contributed by atoms with Gasteiger partial charge in [0.05, 0.1) is 12.8 Å². The molecule has 1 aromatic rings. The van der Waals surface area contributed by atoms with Gasteiger partial charge in [0.2, 0.25) is 5.91 Å². The van der Waals surface area contributed by atoms with Gasteiger partial charge < -0.3 is 15.0 Å². The van der Waals surface area contributed by atoms with Crippen molar-refractivity contribution in [2.45, 2.75) is 33.1 Å². The predicted octanol–water partition coefficient (Wildman–Crippen LogP) is 2.83. The van der Waals surface area contributed by atoms with Gasteiger partial charge in [0.25, 0.3) is 0 Å². The molecular weight excluding hydrogens is 288 g/mol. The van der Waals surface area contributed by atoms with Gasteiger partial charge in [-0.05, 0) is 42.9 Å². The number of nitrogens with one attached hydrogen (secondary N) is 1. The first-order valence-electron chi connectivity index (χ1n) is 8.53. The van der Waals surface area contributed by atoms with Crippen LogP contribution in [0.3, 0.4) is 0 Å². The zero-order valence-corrected chi connectivity index (χ0v) is 14.3. The second kappa shape index (κ2) is 6.65. The van der Waals surface area contributed by atoms with Gasteiger partial charge >= 0.3 is 0 Å². The fraction of sp³-hybridized carbons (Fsp3) is 0.526. The molecule has 0 fully saturated rings. The Morgan fingerprint density at radius 2 is 2.13 bits per heavy atom. The maximum absolute atomic E-state index is 12.5. The number of hydrogen-bond donors (Lipinski definition) is 1. The van der Waals surface area contributed by atoms with Crippen molar-refractivity contribution in [1.29, 1.82) is 0 Å². The first kappa shape index (κ1) is 15.9. The normalized spacial score (nSPS) is 17.6. The van der Waals surface area contributed by atoms with Crippen LogP contribution in [0.4, 0.5) is 0 Å². The van der Waals surface area contributed by atoms with Gasteiger partial charge in [-0.2, -0.15) is 0 Å². The molecule has 1 aromatic carbocycles. The molecule has 4 heteroatoms. The Morgan fingerprint density at radius 1 is 1.30 bits per heavy atom. The van der Waals surface area contributed by atoms with Crippen molar-refractivity contribution >= 4 is 11.6 Å². The lowest BCUT2D eigenvalue weighted by molar-refractivity contribution is -0.117. The van der Waals surface area contributed by atoms with Crippen molar-refractivity contribution in [3.8, 4) is 5.75 Å². The fourth-order valence-electron chi connectivity index (χ4n) is 3.40. The summed E-state index contributed by atoms with van der Waals surface area (Å²) in [5.74, 6) is 1.60. The van der Waals surface area contributed by atoms with Crippen molar-refractivity contribution in [3.05, 3.63) is 34.9 Å². The van der Waals surface area contributed by atoms with Gasteiger partial charge in [-0.15, -0.1) is 0 Å². The van der Waals surface area contributed by atoms with Crippen molar-refractivity contribution in [2.75, 3.05) is 26.7 Å². The molecule has 1 amide bonds. The summed E-state index contributed by atoms with van der Waals surface area (Å²) >= 11 is 0. The summed E-state index contributed by atoms with van der Waals surface area (Å²) in [6.45, 7) is 7.06. The fourth-order valence-corrected chi connectivity index (χ4v) is 3.40. The number of carbonyl (C=O) groups excluding carboxylic acids is 1. The smallest absolute Gasteiger partial charge is 0.249 e. The third-order valence-electron chi connectivity index (χ3n) is 4.74. The van der Waals surface area contributed by atoms with Crippen LogP contribution < -0.4 is 10.1 Å². The molecule has 1 aliphatic carbocycles. The highest BCUT2D eigenvalue weighted by atomic mass is 16.5. The molecule has 0 aromatic heterocycles. The van der Waals surface area contributed by atoms with Gasteiger partial charge in [0.1, 0.15) is 5.75 Å². The average molecular weight is 314 g/mol. The Balaban J connectivity index is 2.05. The summed E-state index contributed by atoms with van der Waals surface area (Å²) in [5, 5.41) is 3.05. The Bertz CT molecular complexity index is 634. The highest BCUT2D eigenvalue weighted by molar-refractivity contribution is 6.02. The minimum Gasteiger partial charge on any atom is -0.497 e. The average Bonchev–Trinajstić information content (AvgIpc) is 2.71. The molecule has 2 aliphatic rings. The second-order valence-corrected chi connectivity index (χ2v) is 6.78. The van der Waals surface area contributed by atoms with E-state index >= 15 is 0 Å². The third kappa shape index (κ3) is 3.21. The summed E-state index contributed by atoms with van der Waals surface area (Å²) in [6.07, 6.45) is 2.87. The lowest BCUT2D eigenvalue weighted by Gasteiger charge is -2.32. The van der Waals surface area contributed by atoms with Crippen LogP contribution in [0.25, 0.3) is 5.70 Å². The number of carbonyl (C=O) groups is 1. The minimum atomic E-state index is 0.0977. The largest absolute Gasteiger partial charge is 0.497 e. The lowest BCUT2D eigenvalue weighted by atomic mass is 9.88. The summed E-state index contributed by atoms with van der Waals surface area (Å²) in [6, 6.07) is 6.24. The maximum atomic E-state index is 12.5. The molecule has 1 N–H and O–H groups in total. The number of methoxy groups -OCH3 is 1. The van der Waals surface area contributed by atoms with Crippen LogP contribution in [0.1, 0.15) is 37.8 Å². The number of amides is 1. The number of rotatable bonds is 4. The van der Waals surface area contributed by atoms with Crippen LogP contribution in [0.5, 0.6) is 5.75 Å². The Morgan fingerprint density at radius 3 is 2.87 bits per heavy atom. The van der Waals surface area contributed by atoms with E-state index in [2.05, 4.69) is 36.2 Å². The molecule has 3 rings (SSSR count). The van der Waals surface area contributed by atoms with Crippen LogP contribution in [-0.2, 0) is 11.2 Å². The van der Waals surface area contributed by atoms with Gasteiger partial charge in [0.15, 0.2) is 0 Å². The zero-order valence-electron chi connectivity index (χ0n) is 14.3. The van der Waals surface area contributed by atoms with Crippen molar-refractivity contribution in [1.82, 2.24) is 10.2 Å². The van der Waals surface area contributed by atoms with Crippen molar-refractivity contribution in [2.24, 2.45) is 5.92 Å². The molecule has 0 saturated heterocycles. The van der Waals surface area contributed by atoms with Gasteiger partial charge in [-0.25, -0.2) is 0 Å². The SMILES string of the molecule is COc1ccc2c(c1)C1=C(CC2)C(=O)NCCN1CCC(C)C. The monoisotopic (exact) mass is 314 g/mol. The Hall–Kier alpha value is -1.97. The molecule has 0 radical (unpaired) electrons. The van der Waals surface area contributed by atoms with Gasteiger partial charge in [-0.1, -0.05) is 19.9 Å². The van der Waals surface area contributed by atoms with E-state index in [1.807, 2.05) is 6.07 Å². The summed E-state index contributed by atoms with van der Waals surface area (Å²) in [5.41, 5.74) is 4.55. The van der Waals surface area contributed by atoms with Crippen LogP contribution in [-0.4, -0.2) is 37.6 Å². The summed E-state index contributed by atoms with van der Waals surface area (Å²) in [7, 11) is 1.69. The van der Waals surface area contributed by atoms with Crippen LogP contribution >= 0.6 is 0 Å². The Kier molecular flexibility index (Phi) is 4.60. The van der Waals surface area contributed by atoms with Gasteiger partial charge in [0, 0.05) is 30.8 Å². The molecule has 0 spiro atoms. The number of nitrogens with zero attached hydrogens (tertiary/aromatic N) is 1. The molecule has 124 valence electrons. The van der Waals surface area contributed by atoms with Crippen LogP contribution in [0, 0.1) is 5.92 Å². The van der Waals surface area contributed by atoms with E-state index in [4.69, 9.17) is 4.74 Å². The Labute approximate surface area is 138 Å². The molecular formula is C19H26N2O2. The molecule has 0 bridgehead atoms. The van der Waals surface area contributed by atoms with Gasteiger partial charge in [-0.3, -0.25) is 4.79 Å². The number of benzene rings is 1. The van der Waals surface area contributed by atoms with E-state index in [1.165, 1.54) is 11.1 Å². The summed E-state index contributed by atoms with van der Waals surface area (Å²) in [4.78, 5) is 14.9. The quantitative estimate of drug-likeness (QED) is 0.929. The van der Waals surface area contributed by atoms with Crippen molar-refractivity contribution in [3.63, 3.8) is 0 Å². The predicted molar refractivity (Wildman–Crippen MR) is 92.3 cm³/mol. The highest BCUT2D eigenvalue weighted by Gasteiger charge is 2.29. The lowest BCUT2D eigenvalue weighted by Crippen LogP contribution is -2.30. The molecule has 1 heterocycles. The van der Waals surface area contributed by atoms with E-state index in [0.717, 1.165) is 49.4 Å². The molecule has 0 atom stereocenters. The number of fused-ring (bicyclic) bond motifs is 2. The number of ether oxygens (including phenoxy) is 1. The van der Waals surface area contributed by atoms with E-state index < -0.39 is 0 Å². The first-order chi connectivity index (χ1) is 11.1. The third-order valence-corrected chi connectivity index (χ3v) is 4.74. The molecule has 4 nitrogen and oxygen atoms in total. The van der Waals surface area contributed by atoms with E-state index in [-0.39, 0.29) is 5.91 Å². The number of aryl methyl sites for hydroxylation is 1. The van der Waals surface area contributed by atoms with E-state index in [1.54, 1.807) is 7.11 Å². The number of hydrogen-bond acceptors (Lipinski definition) is 3. The van der Waals surface area contributed by atoms with E-state index in [9.17, 15) is 4.79 Å². The highest BCUT2D eigenvalue weighted by Crippen LogP contribution is 2.37. The first-order valence-corrected chi connectivity index (χ1v) is 8.53. The van der Waals surface area contributed by atoms with Crippen LogP contribution in [0.2, 0.25) is 0 Å². The zero-order chi connectivity index (χ0) is 16.4.